The van der Waals surface area contributed by atoms with Crippen LogP contribution in [-0.4, -0.2) is 16.1 Å². The molecule has 0 saturated carbocycles. The molecule has 30 heavy (non-hydrogen) atoms. The van der Waals surface area contributed by atoms with Crippen LogP contribution in [0.1, 0.15) is 29.0 Å². The second kappa shape index (κ2) is 10.2. The summed E-state index contributed by atoms with van der Waals surface area (Å²) in [6.45, 7) is 0. The smallest absolute Gasteiger partial charge is 0.227 e. The monoisotopic (exact) mass is 431 g/mol. The molecular weight excluding hydrogens is 410 g/mol. The van der Waals surface area contributed by atoms with Crippen molar-refractivity contribution in [2.24, 2.45) is 0 Å². The van der Waals surface area contributed by atoms with Crippen molar-refractivity contribution >= 4 is 34.1 Å². The van der Waals surface area contributed by atoms with Crippen molar-refractivity contribution in [1.82, 2.24) is 10.2 Å². The van der Waals surface area contributed by atoms with Gasteiger partial charge < -0.3 is 5.32 Å². The lowest BCUT2D eigenvalue weighted by Gasteiger charge is -2.17. The van der Waals surface area contributed by atoms with E-state index in [0.717, 1.165) is 21.2 Å². The van der Waals surface area contributed by atoms with Crippen molar-refractivity contribution in [3.8, 4) is 0 Å². The maximum absolute atomic E-state index is 12.8. The molecule has 1 aromatic heterocycles. The molecule has 1 heterocycles. The van der Waals surface area contributed by atoms with E-state index < -0.39 is 0 Å². The van der Waals surface area contributed by atoms with Gasteiger partial charge >= 0.3 is 0 Å². The van der Waals surface area contributed by atoms with E-state index in [1.165, 1.54) is 16.9 Å². The first kappa shape index (κ1) is 20.3. The Morgan fingerprint density at radius 1 is 0.833 bits per heavy atom. The maximum atomic E-state index is 12.8. The molecule has 0 unspecified atom stereocenters. The fraction of sp³-hybridized carbons (Fsp3) is 0.125. The quantitative estimate of drug-likeness (QED) is 0.275. The molecular formula is C24H21N3OS2. The predicted octanol–water partition coefficient (Wildman–Crippen LogP) is 5.99. The van der Waals surface area contributed by atoms with Gasteiger partial charge in [-0.1, -0.05) is 114 Å². The summed E-state index contributed by atoms with van der Waals surface area (Å²) in [7, 11) is 0. The molecule has 4 rings (SSSR count). The number of carbonyl (C=O) groups excluding carboxylic acids is 1. The number of thioether (sulfide) groups is 1. The summed E-state index contributed by atoms with van der Waals surface area (Å²) >= 11 is 3.03. The highest BCUT2D eigenvalue weighted by molar-refractivity contribution is 8.00. The molecule has 0 fully saturated rings. The van der Waals surface area contributed by atoms with Crippen molar-refractivity contribution in [2.75, 3.05) is 5.32 Å². The summed E-state index contributed by atoms with van der Waals surface area (Å²) in [6.07, 6.45) is 0.347. The minimum atomic E-state index is -0.0662. The first-order chi connectivity index (χ1) is 14.8. The summed E-state index contributed by atoms with van der Waals surface area (Å²) in [4.78, 5) is 12.8. The number of hydrogen-bond donors (Lipinski definition) is 1. The first-order valence-electron chi connectivity index (χ1n) is 9.68. The van der Waals surface area contributed by atoms with E-state index in [2.05, 4.69) is 51.9 Å². The largest absolute Gasteiger partial charge is 0.300 e. The molecule has 1 N–H and O–H groups in total. The molecule has 0 atom stereocenters. The zero-order valence-corrected chi connectivity index (χ0v) is 17.9. The number of nitrogens with zero attached hydrogens (tertiary/aromatic N) is 2. The molecule has 6 heteroatoms. The SMILES string of the molecule is O=C(CC(c1ccccc1)c1ccccc1)Nc1nnc(SCc2ccccc2)s1. The minimum Gasteiger partial charge on any atom is -0.300 e. The molecule has 0 saturated heterocycles. The average molecular weight is 432 g/mol. The molecule has 4 aromatic rings. The summed E-state index contributed by atoms with van der Waals surface area (Å²) < 4.78 is 0.844. The van der Waals surface area contributed by atoms with Crippen LogP contribution in [0, 0.1) is 0 Å². The third-order valence-corrected chi connectivity index (χ3v) is 6.69. The van der Waals surface area contributed by atoms with Crippen molar-refractivity contribution in [2.45, 2.75) is 22.4 Å². The highest BCUT2D eigenvalue weighted by Crippen LogP contribution is 2.30. The van der Waals surface area contributed by atoms with E-state index in [1.807, 2.05) is 54.6 Å². The lowest BCUT2D eigenvalue weighted by atomic mass is 9.88. The van der Waals surface area contributed by atoms with Gasteiger partial charge in [-0.2, -0.15) is 0 Å². The molecule has 0 aliphatic heterocycles. The zero-order chi connectivity index (χ0) is 20.6. The summed E-state index contributed by atoms with van der Waals surface area (Å²) in [5.74, 6) is 0.753. The first-order valence-corrected chi connectivity index (χ1v) is 11.5. The molecule has 4 nitrogen and oxygen atoms in total. The average Bonchev–Trinajstić information content (AvgIpc) is 3.25. The van der Waals surface area contributed by atoms with Crippen LogP contribution in [-0.2, 0) is 10.5 Å². The summed E-state index contributed by atoms with van der Waals surface area (Å²) in [5, 5.41) is 11.8. The fourth-order valence-corrected chi connectivity index (χ4v) is 4.92. The fourth-order valence-electron chi connectivity index (χ4n) is 3.19. The van der Waals surface area contributed by atoms with Gasteiger partial charge in [0, 0.05) is 18.1 Å². The van der Waals surface area contributed by atoms with Gasteiger partial charge in [0.15, 0.2) is 4.34 Å². The molecule has 3 aromatic carbocycles. The second-order valence-corrected chi connectivity index (χ2v) is 8.97. The molecule has 0 aliphatic carbocycles. The van der Waals surface area contributed by atoms with Gasteiger partial charge in [0.2, 0.25) is 11.0 Å². The van der Waals surface area contributed by atoms with Crippen molar-refractivity contribution in [3.05, 3.63) is 108 Å². The van der Waals surface area contributed by atoms with Crippen LogP contribution in [0.2, 0.25) is 0 Å². The normalized spacial score (nSPS) is 10.8. The number of rotatable bonds is 8. The van der Waals surface area contributed by atoms with Crippen LogP contribution >= 0.6 is 23.1 Å². The van der Waals surface area contributed by atoms with Gasteiger partial charge in [0.1, 0.15) is 0 Å². The van der Waals surface area contributed by atoms with Gasteiger partial charge in [-0.3, -0.25) is 4.79 Å². The maximum Gasteiger partial charge on any atom is 0.227 e. The van der Waals surface area contributed by atoms with Crippen LogP contribution in [0.15, 0.2) is 95.3 Å². The highest BCUT2D eigenvalue weighted by atomic mass is 32.2. The minimum absolute atomic E-state index is 0.00718. The summed E-state index contributed by atoms with van der Waals surface area (Å²) in [5.41, 5.74) is 3.47. The van der Waals surface area contributed by atoms with Crippen LogP contribution in [0.5, 0.6) is 0 Å². The Kier molecular flexibility index (Phi) is 6.90. The van der Waals surface area contributed by atoms with Crippen LogP contribution in [0.3, 0.4) is 0 Å². The molecule has 0 aliphatic rings. The number of hydrogen-bond acceptors (Lipinski definition) is 5. The van der Waals surface area contributed by atoms with E-state index in [4.69, 9.17) is 0 Å². The standard InChI is InChI=1S/C24H21N3OS2/c28-22(16-21(19-12-6-2-7-13-19)20-14-8-3-9-15-20)25-23-26-27-24(30-23)29-17-18-10-4-1-5-11-18/h1-15,21H,16-17H2,(H,25,26,28). The lowest BCUT2D eigenvalue weighted by Crippen LogP contribution is -2.16. The Labute approximate surface area is 184 Å². The van der Waals surface area contributed by atoms with Crippen molar-refractivity contribution in [1.29, 1.82) is 0 Å². The highest BCUT2D eigenvalue weighted by Gasteiger charge is 2.19. The third kappa shape index (κ3) is 5.55. The Bertz CT molecular complexity index is 1030. The number of aromatic nitrogens is 2. The zero-order valence-electron chi connectivity index (χ0n) is 16.3. The number of amides is 1. The Hall–Kier alpha value is -2.96. The Morgan fingerprint density at radius 2 is 1.40 bits per heavy atom. The Morgan fingerprint density at radius 3 is 2.00 bits per heavy atom. The molecule has 1 amide bonds. The number of anilines is 1. The molecule has 0 bridgehead atoms. The number of benzene rings is 3. The van der Waals surface area contributed by atoms with Gasteiger partial charge in [0.25, 0.3) is 0 Å². The summed E-state index contributed by atoms with van der Waals surface area (Å²) in [6, 6.07) is 30.5. The third-order valence-electron chi connectivity index (χ3n) is 4.65. The van der Waals surface area contributed by atoms with Crippen molar-refractivity contribution < 1.29 is 4.79 Å². The Balaban J connectivity index is 1.40. The lowest BCUT2D eigenvalue weighted by molar-refractivity contribution is -0.116. The van der Waals surface area contributed by atoms with Gasteiger partial charge in [-0.15, -0.1) is 10.2 Å². The van der Waals surface area contributed by atoms with Crippen LogP contribution in [0.25, 0.3) is 0 Å². The van der Waals surface area contributed by atoms with Crippen molar-refractivity contribution in [3.63, 3.8) is 0 Å². The predicted molar refractivity (Wildman–Crippen MR) is 124 cm³/mol. The molecule has 0 spiro atoms. The van der Waals surface area contributed by atoms with Crippen LogP contribution < -0.4 is 5.32 Å². The van der Waals surface area contributed by atoms with E-state index in [-0.39, 0.29) is 11.8 Å². The number of carbonyl (C=O) groups is 1. The number of nitrogens with one attached hydrogen (secondary N) is 1. The molecule has 0 radical (unpaired) electrons. The second-order valence-electron chi connectivity index (χ2n) is 6.77. The van der Waals surface area contributed by atoms with Gasteiger partial charge in [-0.05, 0) is 16.7 Å². The van der Waals surface area contributed by atoms with E-state index in [1.54, 1.807) is 11.8 Å². The van der Waals surface area contributed by atoms with E-state index >= 15 is 0 Å². The topological polar surface area (TPSA) is 54.9 Å². The van der Waals surface area contributed by atoms with Gasteiger partial charge in [0.05, 0.1) is 0 Å². The van der Waals surface area contributed by atoms with E-state index in [9.17, 15) is 4.79 Å². The van der Waals surface area contributed by atoms with Crippen LogP contribution in [0.4, 0.5) is 5.13 Å². The molecule has 150 valence electrons. The van der Waals surface area contributed by atoms with Gasteiger partial charge in [-0.25, -0.2) is 0 Å². The van der Waals surface area contributed by atoms with E-state index in [0.29, 0.717) is 11.6 Å².